The van der Waals surface area contributed by atoms with Gasteiger partial charge in [0, 0.05) is 23.4 Å². The number of hydrogen-bond acceptors (Lipinski definition) is 4. The predicted molar refractivity (Wildman–Crippen MR) is 113 cm³/mol. The first-order valence-electron chi connectivity index (χ1n) is 10.8. The standard InChI is InChI=1S/C22H30FN3O4S/c1-21(2,26-31(29,30)17-5-3-16(23)4-6-17)12-18(27)25-19-14-7-13-8-15(19)11-22(9-13,10-14)20(24)28/h3-6,13-15,19,26H,7-12H2,1-2H3,(H2,24,28)(H,25,27). The molecule has 4 N–H and O–H groups in total. The Morgan fingerprint density at radius 1 is 1.13 bits per heavy atom. The molecular formula is C22H30FN3O4S. The van der Waals surface area contributed by atoms with E-state index in [0.717, 1.165) is 44.2 Å². The summed E-state index contributed by atoms with van der Waals surface area (Å²) >= 11 is 0. The van der Waals surface area contributed by atoms with Gasteiger partial charge in [0.2, 0.25) is 21.8 Å². The Hall–Kier alpha value is -2.00. The molecule has 7 nitrogen and oxygen atoms in total. The van der Waals surface area contributed by atoms with Gasteiger partial charge in [-0.2, -0.15) is 0 Å². The first-order chi connectivity index (χ1) is 14.4. The number of halogens is 1. The number of primary amides is 1. The highest BCUT2D eigenvalue weighted by Gasteiger charge is 2.58. The summed E-state index contributed by atoms with van der Waals surface area (Å²) < 4.78 is 40.9. The summed E-state index contributed by atoms with van der Waals surface area (Å²) in [6.07, 6.45) is 4.28. The number of nitrogens with one attached hydrogen (secondary N) is 2. The third-order valence-electron chi connectivity index (χ3n) is 7.26. The van der Waals surface area contributed by atoms with Gasteiger partial charge in [-0.05, 0) is 88.0 Å². The van der Waals surface area contributed by atoms with Crippen molar-refractivity contribution < 1.29 is 22.4 Å². The highest BCUT2D eigenvalue weighted by molar-refractivity contribution is 7.89. The maximum absolute atomic E-state index is 13.1. The van der Waals surface area contributed by atoms with Crippen molar-refractivity contribution in [3.8, 4) is 0 Å². The van der Waals surface area contributed by atoms with Crippen molar-refractivity contribution in [3.63, 3.8) is 0 Å². The van der Waals surface area contributed by atoms with Crippen LogP contribution in [0, 0.1) is 29.0 Å². The van der Waals surface area contributed by atoms with E-state index < -0.39 is 26.8 Å². The van der Waals surface area contributed by atoms with Crippen molar-refractivity contribution >= 4 is 21.8 Å². The molecule has 4 aliphatic rings. The zero-order valence-corrected chi connectivity index (χ0v) is 18.7. The fraction of sp³-hybridized carbons (Fsp3) is 0.636. The molecule has 0 aliphatic heterocycles. The maximum atomic E-state index is 13.1. The minimum atomic E-state index is -3.90. The molecule has 1 aromatic rings. The van der Waals surface area contributed by atoms with Crippen LogP contribution in [0.5, 0.6) is 0 Å². The molecule has 4 aliphatic carbocycles. The second-order valence-corrected chi connectivity index (χ2v) is 12.0. The van der Waals surface area contributed by atoms with Crippen LogP contribution < -0.4 is 15.8 Å². The Kier molecular flexibility index (Phi) is 5.41. The molecule has 2 unspecified atom stereocenters. The van der Waals surface area contributed by atoms with Crippen LogP contribution in [0.15, 0.2) is 29.2 Å². The highest BCUT2D eigenvalue weighted by atomic mass is 32.2. The number of rotatable bonds is 7. The molecule has 5 rings (SSSR count). The minimum Gasteiger partial charge on any atom is -0.369 e. The van der Waals surface area contributed by atoms with E-state index in [-0.39, 0.29) is 41.0 Å². The van der Waals surface area contributed by atoms with Crippen LogP contribution in [-0.4, -0.2) is 31.8 Å². The summed E-state index contributed by atoms with van der Waals surface area (Å²) in [5.74, 6) is 0.0114. The molecule has 0 radical (unpaired) electrons. The number of hydrogen-bond donors (Lipinski definition) is 3. The zero-order valence-electron chi connectivity index (χ0n) is 17.9. The van der Waals surface area contributed by atoms with Crippen LogP contribution in [0.1, 0.15) is 52.4 Å². The Bertz CT molecular complexity index is 977. The highest BCUT2D eigenvalue weighted by Crippen LogP contribution is 2.59. The third-order valence-corrected chi connectivity index (χ3v) is 8.97. The lowest BCUT2D eigenvalue weighted by molar-refractivity contribution is -0.147. The smallest absolute Gasteiger partial charge is 0.241 e. The molecule has 0 heterocycles. The predicted octanol–water partition coefficient (Wildman–Crippen LogP) is 2.07. The summed E-state index contributed by atoms with van der Waals surface area (Å²) in [6.45, 7) is 3.29. The lowest BCUT2D eigenvalue weighted by Gasteiger charge is -2.58. The van der Waals surface area contributed by atoms with E-state index >= 15 is 0 Å². The van der Waals surface area contributed by atoms with Gasteiger partial charge >= 0.3 is 0 Å². The Morgan fingerprint density at radius 2 is 1.71 bits per heavy atom. The molecular weight excluding hydrogens is 421 g/mol. The largest absolute Gasteiger partial charge is 0.369 e. The quantitative estimate of drug-likeness (QED) is 0.588. The lowest BCUT2D eigenvalue weighted by atomic mass is 9.47. The van der Waals surface area contributed by atoms with E-state index in [9.17, 15) is 22.4 Å². The van der Waals surface area contributed by atoms with Crippen molar-refractivity contribution in [2.75, 3.05) is 0 Å². The average Bonchev–Trinajstić information content (AvgIpc) is 2.63. The van der Waals surface area contributed by atoms with Gasteiger partial charge in [0.15, 0.2) is 0 Å². The van der Waals surface area contributed by atoms with Crippen LogP contribution in [0.2, 0.25) is 0 Å². The number of benzene rings is 1. The maximum Gasteiger partial charge on any atom is 0.241 e. The molecule has 170 valence electrons. The third kappa shape index (κ3) is 4.35. The van der Waals surface area contributed by atoms with Gasteiger partial charge < -0.3 is 11.1 Å². The summed E-state index contributed by atoms with van der Waals surface area (Å²) in [5.41, 5.74) is 4.28. The minimum absolute atomic E-state index is 0.000954. The molecule has 4 fully saturated rings. The van der Waals surface area contributed by atoms with Gasteiger partial charge in [-0.1, -0.05) is 0 Å². The molecule has 2 amide bonds. The number of nitrogens with two attached hydrogens (primary N) is 1. The summed E-state index contributed by atoms with van der Waals surface area (Å²) in [5, 5.41) is 3.13. The van der Waals surface area contributed by atoms with Gasteiger partial charge in [-0.15, -0.1) is 0 Å². The molecule has 4 bridgehead atoms. The first-order valence-corrected chi connectivity index (χ1v) is 12.3. The molecule has 2 atom stereocenters. The molecule has 0 spiro atoms. The SMILES string of the molecule is CC(C)(CC(=O)NC1C2CC3CC1CC(C(N)=O)(C3)C2)NS(=O)(=O)c1ccc(F)cc1. The normalized spacial score (nSPS) is 32.1. The first kappa shape index (κ1) is 22.2. The molecule has 4 saturated carbocycles. The number of carbonyl (C=O) groups is 2. The number of amides is 2. The molecule has 1 aromatic carbocycles. The zero-order chi connectivity index (χ0) is 22.6. The summed E-state index contributed by atoms with van der Waals surface area (Å²) in [4.78, 5) is 24.9. The van der Waals surface area contributed by atoms with Crippen molar-refractivity contribution in [2.24, 2.45) is 28.9 Å². The summed E-state index contributed by atoms with van der Waals surface area (Å²) in [6, 6.07) is 4.55. The van der Waals surface area contributed by atoms with Gasteiger partial charge in [-0.3, -0.25) is 9.59 Å². The fourth-order valence-corrected chi connectivity index (χ4v) is 7.68. The number of sulfonamides is 1. The van der Waals surface area contributed by atoms with Gasteiger partial charge in [0.1, 0.15) is 5.82 Å². The summed E-state index contributed by atoms with van der Waals surface area (Å²) in [7, 11) is -3.90. The van der Waals surface area contributed by atoms with Crippen molar-refractivity contribution in [1.82, 2.24) is 10.0 Å². The van der Waals surface area contributed by atoms with E-state index in [4.69, 9.17) is 5.73 Å². The molecule has 31 heavy (non-hydrogen) atoms. The van der Waals surface area contributed by atoms with E-state index in [1.54, 1.807) is 13.8 Å². The van der Waals surface area contributed by atoms with E-state index in [2.05, 4.69) is 10.0 Å². The fourth-order valence-electron chi connectivity index (χ4n) is 6.27. The average molecular weight is 452 g/mol. The molecule has 9 heteroatoms. The molecule has 0 saturated heterocycles. The van der Waals surface area contributed by atoms with Crippen molar-refractivity contribution in [2.45, 2.75) is 68.8 Å². The van der Waals surface area contributed by atoms with Crippen LogP contribution in [-0.2, 0) is 19.6 Å². The van der Waals surface area contributed by atoms with Crippen molar-refractivity contribution in [1.29, 1.82) is 0 Å². The van der Waals surface area contributed by atoms with Crippen LogP contribution >= 0.6 is 0 Å². The van der Waals surface area contributed by atoms with E-state index in [1.807, 2.05) is 0 Å². The second-order valence-electron chi connectivity index (χ2n) is 10.3. The van der Waals surface area contributed by atoms with Crippen LogP contribution in [0.4, 0.5) is 4.39 Å². The lowest BCUT2D eigenvalue weighted by Crippen LogP contribution is -2.62. The van der Waals surface area contributed by atoms with Crippen LogP contribution in [0.3, 0.4) is 0 Å². The van der Waals surface area contributed by atoms with Gasteiger partial charge in [-0.25, -0.2) is 17.5 Å². The molecule has 0 aromatic heterocycles. The topological polar surface area (TPSA) is 118 Å². The monoisotopic (exact) mass is 451 g/mol. The van der Waals surface area contributed by atoms with Gasteiger partial charge in [0.25, 0.3) is 0 Å². The van der Waals surface area contributed by atoms with E-state index in [0.29, 0.717) is 5.92 Å². The number of carbonyl (C=O) groups excluding carboxylic acids is 2. The van der Waals surface area contributed by atoms with Crippen molar-refractivity contribution in [3.05, 3.63) is 30.1 Å². The van der Waals surface area contributed by atoms with E-state index in [1.165, 1.54) is 12.1 Å². The van der Waals surface area contributed by atoms with Gasteiger partial charge in [0.05, 0.1) is 4.90 Å². The Balaban J connectivity index is 1.39. The Labute approximate surface area is 182 Å². The van der Waals surface area contributed by atoms with Crippen LogP contribution in [0.25, 0.3) is 0 Å². The Morgan fingerprint density at radius 3 is 2.26 bits per heavy atom. The second kappa shape index (κ2) is 7.55.